The Morgan fingerprint density at radius 1 is 1.08 bits per heavy atom. The number of methoxy groups -OCH3 is 1. The number of rotatable bonds is 6. The van der Waals surface area contributed by atoms with Crippen molar-refractivity contribution in [3.05, 3.63) is 66.0 Å². The molecule has 5 rings (SSSR count). The second kappa shape index (κ2) is 9.74. The highest BCUT2D eigenvalue weighted by Crippen LogP contribution is 2.35. The number of anilines is 2. The molecule has 2 aromatic carbocycles. The number of aryl methyl sites for hydroxylation is 2. The fourth-order valence-electron chi connectivity index (χ4n) is 4.43. The van der Waals surface area contributed by atoms with Crippen molar-refractivity contribution in [2.75, 3.05) is 12.4 Å². The third-order valence-electron chi connectivity index (χ3n) is 6.31. The van der Waals surface area contributed by atoms with Crippen LogP contribution in [0.2, 0.25) is 0 Å². The zero-order valence-electron chi connectivity index (χ0n) is 20.5. The van der Waals surface area contributed by atoms with E-state index in [1.807, 2.05) is 12.1 Å². The summed E-state index contributed by atoms with van der Waals surface area (Å²) in [7, 11) is -3.86. The molecule has 0 saturated carbocycles. The number of fused-ring (bicyclic) bond motifs is 1. The maximum absolute atomic E-state index is 12.9. The van der Waals surface area contributed by atoms with Crippen molar-refractivity contribution in [2.45, 2.75) is 49.1 Å². The Bertz CT molecular complexity index is 1560. The van der Waals surface area contributed by atoms with E-state index >= 15 is 0 Å². The molecule has 3 heterocycles. The minimum absolute atomic E-state index is 0.254. The van der Waals surface area contributed by atoms with Gasteiger partial charge in [-0.15, -0.1) is 5.10 Å². The lowest BCUT2D eigenvalue weighted by Crippen LogP contribution is -2.23. The first-order chi connectivity index (χ1) is 18.1. The van der Waals surface area contributed by atoms with E-state index in [0.29, 0.717) is 53.3 Å². The lowest BCUT2D eigenvalue weighted by Gasteiger charge is -2.15. The van der Waals surface area contributed by atoms with E-state index in [2.05, 4.69) is 25.5 Å². The average Bonchev–Trinajstić information content (AvgIpc) is 3.44. The van der Waals surface area contributed by atoms with Gasteiger partial charge < -0.3 is 10.1 Å². The molecule has 38 heavy (non-hydrogen) atoms. The van der Waals surface area contributed by atoms with Gasteiger partial charge in [0.1, 0.15) is 29.4 Å². The minimum Gasteiger partial charge on any atom is -0.494 e. The number of benzene rings is 2. The van der Waals surface area contributed by atoms with Gasteiger partial charge in [0, 0.05) is 24.2 Å². The first-order valence-electron chi connectivity index (χ1n) is 11.8. The van der Waals surface area contributed by atoms with E-state index < -0.39 is 20.2 Å². The molecule has 1 N–H and O–H groups in total. The summed E-state index contributed by atoms with van der Waals surface area (Å²) >= 11 is 0. The Kier molecular flexibility index (Phi) is 6.59. The summed E-state index contributed by atoms with van der Waals surface area (Å²) in [5.41, 5.74) is -3.29. The Morgan fingerprint density at radius 2 is 1.84 bits per heavy atom. The molecule has 1 unspecified atom stereocenters. The highest BCUT2D eigenvalue weighted by Gasteiger charge is 2.46. The molecule has 0 spiro atoms. The Hall–Kier alpha value is -3.94. The standard InChI is InChI=1S/C24H24F3N7O3S/c1-15-28-14-34(31-15)20-11-8-17(13-21(20)37-2)29-23-30-22-19(5-3-4-12-33(22)32-23)16-6-9-18(10-7-16)38(35,36)24(25,26)27/h6-11,13-14,19H,3-5,12H2,1-2H3,(H,29,32). The van der Waals surface area contributed by atoms with Crippen LogP contribution in [0.5, 0.6) is 5.75 Å². The minimum atomic E-state index is -5.41. The predicted octanol–water partition coefficient (Wildman–Crippen LogP) is 4.53. The topological polar surface area (TPSA) is 117 Å². The zero-order valence-corrected chi connectivity index (χ0v) is 21.3. The van der Waals surface area contributed by atoms with Crippen molar-refractivity contribution >= 4 is 21.5 Å². The molecule has 0 bridgehead atoms. The molecule has 14 heteroatoms. The summed E-state index contributed by atoms with van der Waals surface area (Å²) in [6, 6.07) is 10.3. The predicted molar refractivity (Wildman–Crippen MR) is 131 cm³/mol. The van der Waals surface area contributed by atoms with Gasteiger partial charge in [0.15, 0.2) is 0 Å². The van der Waals surface area contributed by atoms with Gasteiger partial charge in [-0.25, -0.2) is 22.8 Å². The van der Waals surface area contributed by atoms with Crippen LogP contribution < -0.4 is 10.1 Å². The molecule has 0 aliphatic carbocycles. The smallest absolute Gasteiger partial charge is 0.494 e. The van der Waals surface area contributed by atoms with Gasteiger partial charge in [0.05, 0.1) is 12.0 Å². The Balaban J connectivity index is 1.41. The SMILES string of the molecule is COc1cc(Nc2nc3n(n2)CCCCC3c2ccc(S(=O)(=O)C(F)(F)F)cc2)ccc1-n1cnc(C)n1. The third kappa shape index (κ3) is 4.83. The van der Waals surface area contributed by atoms with Crippen molar-refractivity contribution in [2.24, 2.45) is 0 Å². The highest BCUT2D eigenvalue weighted by atomic mass is 32.2. The van der Waals surface area contributed by atoms with Crippen LogP contribution in [0.15, 0.2) is 53.7 Å². The molecule has 200 valence electrons. The third-order valence-corrected chi connectivity index (χ3v) is 7.81. The quantitative estimate of drug-likeness (QED) is 0.374. The fraction of sp³-hybridized carbons (Fsp3) is 0.333. The lowest BCUT2D eigenvalue weighted by molar-refractivity contribution is -0.0436. The monoisotopic (exact) mass is 547 g/mol. The number of sulfone groups is 1. The molecular formula is C24H24F3N7O3S. The molecule has 0 saturated heterocycles. The molecule has 4 aromatic rings. The van der Waals surface area contributed by atoms with Crippen LogP contribution >= 0.6 is 0 Å². The van der Waals surface area contributed by atoms with E-state index in [9.17, 15) is 21.6 Å². The summed E-state index contributed by atoms with van der Waals surface area (Å²) in [5.74, 6) is 1.94. The first-order valence-corrected chi connectivity index (χ1v) is 13.2. The van der Waals surface area contributed by atoms with Gasteiger partial charge in [-0.05, 0) is 49.6 Å². The second-order valence-corrected chi connectivity index (χ2v) is 10.8. The number of hydrogen-bond acceptors (Lipinski definition) is 8. The van der Waals surface area contributed by atoms with Gasteiger partial charge in [0.2, 0.25) is 5.95 Å². The van der Waals surface area contributed by atoms with Crippen molar-refractivity contribution < 1.29 is 26.3 Å². The molecular weight excluding hydrogens is 523 g/mol. The van der Waals surface area contributed by atoms with Crippen LogP contribution in [-0.4, -0.2) is 50.6 Å². The largest absolute Gasteiger partial charge is 0.501 e. The molecule has 10 nitrogen and oxygen atoms in total. The Labute approximate surface area is 216 Å². The molecule has 1 atom stereocenters. The summed E-state index contributed by atoms with van der Waals surface area (Å²) in [5, 5.41) is 12.1. The highest BCUT2D eigenvalue weighted by molar-refractivity contribution is 7.92. The van der Waals surface area contributed by atoms with Crippen LogP contribution in [0.4, 0.5) is 24.8 Å². The number of nitrogens with one attached hydrogen (secondary N) is 1. The van der Waals surface area contributed by atoms with E-state index in [1.54, 1.807) is 35.8 Å². The molecule has 0 radical (unpaired) electrons. The summed E-state index contributed by atoms with van der Waals surface area (Å²) in [6.45, 7) is 2.42. The summed E-state index contributed by atoms with van der Waals surface area (Å²) < 4.78 is 71.2. The fourth-order valence-corrected chi connectivity index (χ4v) is 5.19. The number of hydrogen-bond donors (Lipinski definition) is 1. The maximum Gasteiger partial charge on any atom is 0.501 e. The number of ether oxygens (including phenoxy) is 1. The van der Waals surface area contributed by atoms with E-state index in [-0.39, 0.29) is 5.92 Å². The second-order valence-electron chi connectivity index (χ2n) is 8.83. The van der Waals surface area contributed by atoms with Gasteiger partial charge in [-0.2, -0.15) is 23.3 Å². The van der Waals surface area contributed by atoms with Crippen molar-refractivity contribution in [3.63, 3.8) is 0 Å². The number of halogens is 3. The normalized spacial score (nSPS) is 16.1. The molecule has 1 aliphatic heterocycles. The van der Waals surface area contributed by atoms with E-state index in [0.717, 1.165) is 25.0 Å². The van der Waals surface area contributed by atoms with Crippen LogP contribution in [-0.2, 0) is 16.4 Å². The molecule has 0 amide bonds. The molecule has 2 aromatic heterocycles. The molecule has 1 aliphatic rings. The number of nitrogens with zero attached hydrogens (tertiary/aromatic N) is 6. The average molecular weight is 548 g/mol. The first kappa shape index (κ1) is 25.7. The van der Waals surface area contributed by atoms with Crippen LogP contribution in [0.3, 0.4) is 0 Å². The lowest BCUT2D eigenvalue weighted by atomic mass is 9.94. The zero-order chi connectivity index (χ0) is 27.1. The van der Waals surface area contributed by atoms with Crippen molar-refractivity contribution in [3.8, 4) is 11.4 Å². The number of aromatic nitrogens is 6. The Morgan fingerprint density at radius 3 is 2.50 bits per heavy atom. The summed E-state index contributed by atoms with van der Waals surface area (Å²) in [6.07, 6.45) is 4.01. The van der Waals surface area contributed by atoms with Crippen LogP contribution in [0, 0.1) is 6.92 Å². The van der Waals surface area contributed by atoms with Gasteiger partial charge in [-0.1, -0.05) is 18.6 Å². The summed E-state index contributed by atoms with van der Waals surface area (Å²) in [4.78, 5) is 8.04. The maximum atomic E-state index is 12.9. The van der Waals surface area contributed by atoms with Gasteiger partial charge in [0.25, 0.3) is 9.84 Å². The van der Waals surface area contributed by atoms with E-state index in [1.165, 1.54) is 12.1 Å². The van der Waals surface area contributed by atoms with Crippen molar-refractivity contribution in [1.29, 1.82) is 0 Å². The van der Waals surface area contributed by atoms with E-state index in [4.69, 9.17) is 4.74 Å². The van der Waals surface area contributed by atoms with Gasteiger partial charge in [-0.3, -0.25) is 0 Å². The van der Waals surface area contributed by atoms with Crippen molar-refractivity contribution in [1.82, 2.24) is 29.5 Å². The number of alkyl halides is 3. The molecule has 0 fully saturated rings. The van der Waals surface area contributed by atoms with Gasteiger partial charge >= 0.3 is 5.51 Å². The van der Waals surface area contributed by atoms with Crippen LogP contribution in [0.25, 0.3) is 5.69 Å². The van der Waals surface area contributed by atoms with Crippen LogP contribution in [0.1, 0.15) is 42.4 Å².